The van der Waals surface area contributed by atoms with Gasteiger partial charge in [-0.2, -0.15) is 0 Å². The Hall–Kier alpha value is -1.12. The molecule has 0 saturated carbocycles. The molecule has 0 radical (unpaired) electrons. The van der Waals surface area contributed by atoms with Crippen LogP contribution < -0.4 is 0 Å². The fraction of sp³-hybridized carbons (Fsp3) is 0.385. The van der Waals surface area contributed by atoms with Crippen molar-refractivity contribution in [3.63, 3.8) is 0 Å². The number of hydrogen-bond donors (Lipinski definition) is 0. The average Bonchev–Trinajstić information content (AvgIpc) is 2.44. The number of rotatable bonds is 1. The van der Waals surface area contributed by atoms with Crippen LogP contribution in [0.5, 0.6) is 0 Å². The van der Waals surface area contributed by atoms with E-state index in [-0.39, 0.29) is 6.29 Å². The van der Waals surface area contributed by atoms with Gasteiger partial charge in [-0.05, 0) is 25.0 Å². The predicted octanol–water partition coefficient (Wildman–Crippen LogP) is 3.07. The molecule has 1 heterocycles. The Morgan fingerprint density at radius 1 is 0.933 bits per heavy atom. The molecule has 1 aliphatic rings. The molecule has 1 aromatic carbocycles. The standard InChI is InChI=1S/C13H16O2/c1-10-8-14-13(15-9-11(10)2)12-6-4-3-5-7-12/h3-7,13H,8-9H2,1-2H3. The molecule has 15 heavy (non-hydrogen) atoms. The van der Waals surface area contributed by atoms with E-state index in [1.54, 1.807) is 0 Å². The van der Waals surface area contributed by atoms with Crippen LogP contribution in [0.3, 0.4) is 0 Å². The van der Waals surface area contributed by atoms with Crippen molar-refractivity contribution in [2.24, 2.45) is 0 Å². The molecule has 0 fully saturated rings. The Labute approximate surface area is 90.5 Å². The van der Waals surface area contributed by atoms with Crippen LogP contribution in [0.25, 0.3) is 0 Å². The fourth-order valence-electron chi connectivity index (χ4n) is 1.50. The maximum Gasteiger partial charge on any atom is 0.184 e. The second-order valence-corrected chi connectivity index (χ2v) is 3.93. The van der Waals surface area contributed by atoms with Crippen molar-refractivity contribution in [2.75, 3.05) is 13.2 Å². The molecule has 0 spiro atoms. The fourth-order valence-corrected chi connectivity index (χ4v) is 1.50. The van der Waals surface area contributed by atoms with E-state index in [1.807, 2.05) is 30.3 Å². The predicted molar refractivity (Wildman–Crippen MR) is 59.5 cm³/mol. The normalized spacial score (nSPS) is 19.1. The molecule has 2 nitrogen and oxygen atoms in total. The molecule has 1 aromatic rings. The maximum absolute atomic E-state index is 5.69. The molecule has 80 valence electrons. The summed E-state index contributed by atoms with van der Waals surface area (Å²) in [5.41, 5.74) is 3.63. The monoisotopic (exact) mass is 204 g/mol. The highest BCUT2D eigenvalue weighted by molar-refractivity contribution is 5.18. The lowest BCUT2D eigenvalue weighted by Gasteiger charge is -2.15. The van der Waals surface area contributed by atoms with Crippen LogP contribution in [-0.2, 0) is 9.47 Å². The van der Waals surface area contributed by atoms with Gasteiger partial charge in [-0.3, -0.25) is 0 Å². The van der Waals surface area contributed by atoms with Crippen LogP contribution in [0.1, 0.15) is 25.7 Å². The Morgan fingerprint density at radius 2 is 1.47 bits per heavy atom. The number of benzene rings is 1. The van der Waals surface area contributed by atoms with Gasteiger partial charge in [-0.25, -0.2) is 0 Å². The van der Waals surface area contributed by atoms with E-state index in [9.17, 15) is 0 Å². The SMILES string of the molecule is CC1=C(C)COC(c2ccccc2)OC1. The second-order valence-electron chi connectivity index (χ2n) is 3.93. The van der Waals surface area contributed by atoms with E-state index in [0.717, 1.165) is 5.56 Å². The van der Waals surface area contributed by atoms with Crippen molar-refractivity contribution in [1.82, 2.24) is 0 Å². The largest absolute Gasteiger partial charge is 0.344 e. The van der Waals surface area contributed by atoms with Gasteiger partial charge in [0.1, 0.15) is 0 Å². The third-order valence-electron chi connectivity index (χ3n) is 2.70. The highest BCUT2D eigenvalue weighted by Gasteiger charge is 2.16. The summed E-state index contributed by atoms with van der Waals surface area (Å²) in [7, 11) is 0. The number of hydrogen-bond acceptors (Lipinski definition) is 2. The topological polar surface area (TPSA) is 18.5 Å². The second kappa shape index (κ2) is 4.60. The molecule has 0 bridgehead atoms. The Bertz CT molecular complexity index is 338. The lowest BCUT2D eigenvalue weighted by atomic mass is 10.2. The van der Waals surface area contributed by atoms with Crippen molar-refractivity contribution in [1.29, 1.82) is 0 Å². The van der Waals surface area contributed by atoms with Gasteiger partial charge in [0.15, 0.2) is 6.29 Å². The van der Waals surface area contributed by atoms with Crippen molar-refractivity contribution in [3.05, 3.63) is 47.0 Å². The minimum atomic E-state index is -0.224. The van der Waals surface area contributed by atoms with E-state index in [4.69, 9.17) is 9.47 Å². The molecule has 0 N–H and O–H groups in total. The summed E-state index contributed by atoms with van der Waals surface area (Å²) < 4.78 is 11.4. The van der Waals surface area contributed by atoms with E-state index in [2.05, 4.69) is 13.8 Å². The van der Waals surface area contributed by atoms with E-state index >= 15 is 0 Å². The van der Waals surface area contributed by atoms with Gasteiger partial charge in [0.25, 0.3) is 0 Å². The Balaban J connectivity index is 2.10. The first-order valence-corrected chi connectivity index (χ1v) is 5.21. The van der Waals surface area contributed by atoms with Crippen molar-refractivity contribution in [3.8, 4) is 0 Å². The first-order chi connectivity index (χ1) is 7.27. The van der Waals surface area contributed by atoms with Gasteiger partial charge in [-0.15, -0.1) is 0 Å². The lowest BCUT2D eigenvalue weighted by molar-refractivity contribution is -0.127. The number of ether oxygens (including phenoxy) is 2. The molecular weight excluding hydrogens is 188 g/mol. The van der Waals surface area contributed by atoms with Crippen molar-refractivity contribution >= 4 is 0 Å². The van der Waals surface area contributed by atoms with Gasteiger partial charge in [0, 0.05) is 5.56 Å². The van der Waals surface area contributed by atoms with Crippen LogP contribution in [0.2, 0.25) is 0 Å². The average molecular weight is 204 g/mol. The quantitative estimate of drug-likeness (QED) is 0.654. The van der Waals surface area contributed by atoms with Crippen LogP contribution in [0.4, 0.5) is 0 Å². The zero-order chi connectivity index (χ0) is 10.7. The van der Waals surface area contributed by atoms with Gasteiger partial charge < -0.3 is 9.47 Å². The maximum atomic E-state index is 5.69. The van der Waals surface area contributed by atoms with E-state index < -0.39 is 0 Å². The highest BCUT2D eigenvalue weighted by atomic mass is 16.7. The summed E-state index contributed by atoms with van der Waals surface area (Å²) in [6, 6.07) is 10.1. The molecule has 0 aromatic heterocycles. The third kappa shape index (κ3) is 2.46. The van der Waals surface area contributed by atoms with Gasteiger partial charge in [-0.1, -0.05) is 30.3 Å². The molecule has 2 heteroatoms. The molecule has 0 amide bonds. The zero-order valence-electron chi connectivity index (χ0n) is 9.19. The summed E-state index contributed by atoms with van der Waals surface area (Å²) in [5.74, 6) is 0. The lowest BCUT2D eigenvalue weighted by Crippen LogP contribution is -2.07. The summed E-state index contributed by atoms with van der Waals surface area (Å²) in [6.07, 6.45) is -0.224. The van der Waals surface area contributed by atoms with Gasteiger partial charge in [0.05, 0.1) is 13.2 Å². The summed E-state index contributed by atoms with van der Waals surface area (Å²) in [6.45, 7) is 5.49. The first kappa shape index (κ1) is 10.4. The molecule has 2 rings (SSSR count). The molecular formula is C13H16O2. The summed E-state index contributed by atoms with van der Waals surface area (Å²) >= 11 is 0. The Kier molecular flexibility index (Phi) is 3.19. The third-order valence-corrected chi connectivity index (χ3v) is 2.70. The zero-order valence-corrected chi connectivity index (χ0v) is 9.19. The van der Waals surface area contributed by atoms with Gasteiger partial charge >= 0.3 is 0 Å². The van der Waals surface area contributed by atoms with Crippen LogP contribution >= 0.6 is 0 Å². The molecule has 0 unspecified atom stereocenters. The minimum absolute atomic E-state index is 0.224. The molecule has 0 saturated heterocycles. The smallest absolute Gasteiger partial charge is 0.184 e. The van der Waals surface area contributed by atoms with Gasteiger partial charge in [0.2, 0.25) is 0 Å². The van der Waals surface area contributed by atoms with E-state index in [1.165, 1.54) is 11.1 Å². The molecule has 1 aliphatic heterocycles. The Morgan fingerprint density at radius 3 is 2.00 bits per heavy atom. The summed E-state index contributed by atoms with van der Waals surface area (Å²) in [4.78, 5) is 0. The van der Waals surface area contributed by atoms with Crippen LogP contribution in [0.15, 0.2) is 41.5 Å². The van der Waals surface area contributed by atoms with E-state index in [0.29, 0.717) is 13.2 Å². The van der Waals surface area contributed by atoms with Crippen LogP contribution in [0, 0.1) is 0 Å². The van der Waals surface area contributed by atoms with Crippen molar-refractivity contribution < 1.29 is 9.47 Å². The minimum Gasteiger partial charge on any atom is -0.344 e. The highest BCUT2D eigenvalue weighted by Crippen LogP contribution is 2.24. The van der Waals surface area contributed by atoms with Crippen LogP contribution in [-0.4, -0.2) is 13.2 Å². The van der Waals surface area contributed by atoms with Crippen molar-refractivity contribution in [2.45, 2.75) is 20.1 Å². The molecule has 0 aliphatic carbocycles. The first-order valence-electron chi connectivity index (χ1n) is 5.21. The molecule has 0 atom stereocenters. The summed E-state index contributed by atoms with van der Waals surface area (Å²) in [5, 5.41) is 0.